The SMILES string of the molecule is O=C(COc1ccc(C2SCCCS2)cc1)Nc1cccc(NC(=O)c2ccccc2)c1. The number of hydrogen-bond acceptors (Lipinski definition) is 5. The van der Waals surface area contributed by atoms with Gasteiger partial charge in [0.2, 0.25) is 0 Å². The minimum Gasteiger partial charge on any atom is -0.484 e. The average Bonchev–Trinajstić information content (AvgIpc) is 2.84. The quantitative estimate of drug-likeness (QED) is 0.461. The smallest absolute Gasteiger partial charge is 0.262 e. The maximum atomic E-state index is 12.3. The minimum atomic E-state index is -0.265. The highest BCUT2D eigenvalue weighted by molar-refractivity contribution is 8.16. The van der Waals surface area contributed by atoms with Gasteiger partial charge in [0, 0.05) is 16.9 Å². The van der Waals surface area contributed by atoms with Gasteiger partial charge in [0.05, 0.1) is 4.58 Å². The molecule has 5 nitrogen and oxygen atoms in total. The maximum absolute atomic E-state index is 12.3. The van der Waals surface area contributed by atoms with Crippen LogP contribution in [0.1, 0.15) is 26.9 Å². The van der Waals surface area contributed by atoms with Crippen LogP contribution in [0.4, 0.5) is 11.4 Å². The fraction of sp³-hybridized carbons (Fsp3) is 0.200. The van der Waals surface area contributed by atoms with Crippen LogP contribution in [0.25, 0.3) is 0 Å². The Labute approximate surface area is 196 Å². The topological polar surface area (TPSA) is 67.4 Å². The van der Waals surface area contributed by atoms with Crippen LogP contribution < -0.4 is 15.4 Å². The number of ether oxygens (including phenoxy) is 1. The number of benzene rings is 3. The molecule has 3 aromatic carbocycles. The Balaban J connectivity index is 1.27. The third-order valence-electron chi connectivity index (χ3n) is 4.79. The van der Waals surface area contributed by atoms with Crippen LogP contribution in [0.3, 0.4) is 0 Å². The predicted molar refractivity (Wildman–Crippen MR) is 134 cm³/mol. The molecule has 0 saturated carbocycles. The van der Waals surface area contributed by atoms with Crippen molar-refractivity contribution in [3.05, 3.63) is 90.0 Å². The van der Waals surface area contributed by atoms with Crippen LogP contribution in [0.15, 0.2) is 78.9 Å². The summed E-state index contributed by atoms with van der Waals surface area (Å²) in [6.45, 7) is -0.0904. The van der Waals surface area contributed by atoms with Gasteiger partial charge in [0.1, 0.15) is 5.75 Å². The Bertz CT molecular complexity index is 1050. The van der Waals surface area contributed by atoms with Gasteiger partial charge in [-0.15, -0.1) is 23.5 Å². The molecule has 1 fully saturated rings. The molecule has 0 spiro atoms. The summed E-state index contributed by atoms with van der Waals surface area (Å²) >= 11 is 3.95. The summed E-state index contributed by atoms with van der Waals surface area (Å²) in [6, 6.07) is 24.0. The molecule has 1 aliphatic heterocycles. The summed E-state index contributed by atoms with van der Waals surface area (Å²) < 4.78 is 6.12. The first-order valence-electron chi connectivity index (χ1n) is 10.4. The van der Waals surface area contributed by atoms with Gasteiger partial charge in [-0.05, 0) is 66.0 Å². The van der Waals surface area contributed by atoms with Gasteiger partial charge in [-0.25, -0.2) is 0 Å². The summed E-state index contributed by atoms with van der Waals surface area (Å²) in [4.78, 5) is 24.6. The van der Waals surface area contributed by atoms with Crippen molar-refractivity contribution in [2.24, 2.45) is 0 Å². The van der Waals surface area contributed by atoms with E-state index in [9.17, 15) is 9.59 Å². The maximum Gasteiger partial charge on any atom is 0.262 e. The average molecular weight is 465 g/mol. The second-order valence-corrected chi connectivity index (χ2v) is 9.96. The zero-order chi connectivity index (χ0) is 22.2. The van der Waals surface area contributed by atoms with Crippen molar-refractivity contribution in [3.63, 3.8) is 0 Å². The molecule has 3 aromatic rings. The Kier molecular flexibility index (Phi) is 7.74. The van der Waals surface area contributed by atoms with Crippen LogP contribution in [0.5, 0.6) is 5.75 Å². The van der Waals surface area contributed by atoms with E-state index in [1.807, 2.05) is 53.9 Å². The van der Waals surface area contributed by atoms with E-state index in [1.165, 1.54) is 23.5 Å². The van der Waals surface area contributed by atoms with Crippen molar-refractivity contribution in [1.29, 1.82) is 0 Å². The van der Waals surface area contributed by atoms with Gasteiger partial charge >= 0.3 is 0 Å². The number of thioether (sulfide) groups is 2. The fourth-order valence-electron chi connectivity index (χ4n) is 3.21. The van der Waals surface area contributed by atoms with Gasteiger partial charge in [-0.2, -0.15) is 0 Å². The van der Waals surface area contributed by atoms with E-state index < -0.39 is 0 Å². The largest absolute Gasteiger partial charge is 0.484 e. The third-order valence-corrected chi connectivity index (χ3v) is 7.80. The van der Waals surface area contributed by atoms with E-state index in [1.54, 1.807) is 36.4 Å². The summed E-state index contributed by atoms with van der Waals surface area (Å²) in [6.07, 6.45) is 1.27. The van der Waals surface area contributed by atoms with Crippen molar-refractivity contribution in [2.45, 2.75) is 11.0 Å². The molecule has 1 saturated heterocycles. The summed E-state index contributed by atoms with van der Waals surface area (Å²) in [7, 11) is 0. The second kappa shape index (κ2) is 11.1. The number of nitrogens with one attached hydrogen (secondary N) is 2. The van der Waals surface area contributed by atoms with Crippen molar-refractivity contribution < 1.29 is 14.3 Å². The highest BCUT2D eigenvalue weighted by atomic mass is 32.2. The summed E-state index contributed by atoms with van der Waals surface area (Å²) in [5.74, 6) is 2.60. The van der Waals surface area contributed by atoms with E-state index >= 15 is 0 Å². The fourth-order valence-corrected chi connectivity index (χ4v) is 6.11. The van der Waals surface area contributed by atoms with Crippen molar-refractivity contribution in [3.8, 4) is 5.75 Å². The number of carbonyl (C=O) groups excluding carboxylic acids is 2. The predicted octanol–water partition coefficient (Wildman–Crippen LogP) is 5.83. The molecule has 32 heavy (non-hydrogen) atoms. The standard InChI is InChI=1S/C25H24N2O3S2/c28-23(17-30-22-12-10-19(11-13-22)25-31-14-5-15-32-25)26-20-8-4-9-21(16-20)27-24(29)18-6-2-1-3-7-18/h1-4,6-13,16,25H,5,14-15,17H2,(H,26,28)(H,27,29). The first-order chi connectivity index (χ1) is 15.7. The molecule has 0 radical (unpaired) electrons. The molecule has 2 N–H and O–H groups in total. The zero-order valence-corrected chi connectivity index (χ0v) is 19.1. The minimum absolute atomic E-state index is 0.0904. The third kappa shape index (κ3) is 6.31. The van der Waals surface area contributed by atoms with E-state index in [0.29, 0.717) is 27.3 Å². The molecule has 4 rings (SSSR count). The molecule has 0 aliphatic carbocycles. The van der Waals surface area contributed by atoms with E-state index in [4.69, 9.17) is 4.74 Å². The number of anilines is 2. The molecule has 164 valence electrons. The van der Waals surface area contributed by atoms with Gasteiger partial charge in [0.15, 0.2) is 6.61 Å². The molecule has 1 aliphatic rings. The summed E-state index contributed by atoms with van der Waals surface area (Å²) in [5, 5.41) is 5.64. The molecule has 0 atom stereocenters. The Morgan fingerprint density at radius 1 is 0.844 bits per heavy atom. The lowest BCUT2D eigenvalue weighted by molar-refractivity contribution is -0.118. The highest BCUT2D eigenvalue weighted by Crippen LogP contribution is 2.43. The Morgan fingerprint density at radius 3 is 2.25 bits per heavy atom. The van der Waals surface area contributed by atoms with Crippen LogP contribution in [0.2, 0.25) is 0 Å². The van der Waals surface area contributed by atoms with Crippen molar-refractivity contribution >= 4 is 46.7 Å². The van der Waals surface area contributed by atoms with E-state index in [0.717, 1.165) is 0 Å². The lowest BCUT2D eigenvalue weighted by Crippen LogP contribution is -2.20. The first-order valence-corrected chi connectivity index (χ1v) is 12.5. The molecule has 0 unspecified atom stereocenters. The Hall–Kier alpha value is -2.90. The number of amides is 2. The van der Waals surface area contributed by atoms with Crippen molar-refractivity contribution in [2.75, 3.05) is 28.7 Å². The van der Waals surface area contributed by atoms with Crippen LogP contribution >= 0.6 is 23.5 Å². The number of rotatable bonds is 7. The Morgan fingerprint density at radius 2 is 1.53 bits per heavy atom. The van der Waals surface area contributed by atoms with E-state index in [2.05, 4.69) is 22.8 Å². The molecule has 0 bridgehead atoms. The lowest BCUT2D eigenvalue weighted by atomic mass is 10.2. The van der Waals surface area contributed by atoms with Crippen LogP contribution in [-0.2, 0) is 4.79 Å². The zero-order valence-electron chi connectivity index (χ0n) is 17.5. The van der Waals surface area contributed by atoms with Gasteiger partial charge < -0.3 is 15.4 Å². The molecular weight excluding hydrogens is 440 g/mol. The van der Waals surface area contributed by atoms with Crippen LogP contribution in [-0.4, -0.2) is 29.9 Å². The molecule has 7 heteroatoms. The van der Waals surface area contributed by atoms with Gasteiger partial charge in [-0.1, -0.05) is 36.4 Å². The second-order valence-electron chi connectivity index (χ2n) is 7.23. The lowest BCUT2D eigenvalue weighted by Gasteiger charge is -2.21. The van der Waals surface area contributed by atoms with Gasteiger partial charge in [-0.3, -0.25) is 9.59 Å². The monoisotopic (exact) mass is 464 g/mol. The molecule has 2 amide bonds. The van der Waals surface area contributed by atoms with Gasteiger partial charge in [0.25, 0.3) is 11.8 Å². The van der Waals surface area contributed by atoms with Crippen LogP contribution in [0, 0.1) is 0 Å². The number of hydrogen-bond donors (Lipinski definition) is 2. The first kappa shape index (κ1) is 22.3. The van der Waals surface area contributed by atoms with Crippen molar-refractivity contribution in [1.82, 2.24) is 0 Å². The summed E-state index contributed by atoms with van der Waals surface area (Å²) in [5.41, 5.74) is 3.05. The molecule has 0 aromatic heterocycles. The number of carbonyl (C=O) groups is 2. The van der Waals surface area contributed by atoms with E-state index in [-0.39, 0.29) is 18.4 Å². The highest BCUT2D eigenvalue weighted by Gasteiger charge is 2.16. The normalized spacial score (nSPS) is 13.9. The molecule has 1 heterocycles. The molecular formula is C25H24N2O3S2.